The van der Waals surface area contributed by atoms with Crippen LogP contribution in [-0.2, 0) is 11.3 Å². The predicted molar refractivity (Wildman–Crippen MR) is 81.5 cm³/mol. The van der Waals surface area contributed by atoms with Gasteiger partial charge in [0.05, 0.1) is 6.10 Å². The second kappa shape index (κ2) is 6.07. The van der Waals surface area contributed by atoms with Crippen LogP contribution in [0.5, 0.6) is 0 Å². The van der Waals surface area contributed by atoms with Crippen LogP contribution < -0.4 is 5.32 Å². The summed E-state index contributed by atoms with van der Waals surface area (Å²) in [6, 6.07) is 8.48. The van der Waals surface area contributed by atoms with E-state index >= 15 is 0 Å². The number of nitrogens with one attached hydrogen (secondary N) is 1. The molecule has 1 aromatic carbocycles. The van der Waals surface area contributed by atoms with E-state index in [1.807, 2.05) is 0 Å². The lowest BCUT2D eigenvalue weighted by atomic mass is 10.2. The molecular formula is C15H19BrN2O. The van der Waals surface area contributed by atoms with E-state index in [1.54, 1.807) is 0 Å². The maximum absolute atomic E-state index is 5.60. The van der Waals surface area contributed by atoms with Gasteiger partial charge in [-0.15, -0.1) is 0 Å². The van der Waals surface area contributed by atoms with Crippen LogP contribution in [0.15, 0.2) is 34.9 Å². The summed E-state index contributed by atoms with van der Waals surface area (Å²) >= 11 is 3.62. The Morgan fingerprint density at radius 1 is 1.37 bits per heavy atom. The highest BCUT2D eigenvalue weighted by atomic mass is 79.9. The quantitative estimate of drug-likeness (QED) is 0.856. The number of hydrogen-bond donors (Lipinski definition) is 1. The highest BCUT2D eigenvalue weighted by Gasteiger charge is 2.14. The van der Waals surface area contributed by atoms with E-state index in [-0.39, 0.29) is 0 Å². The Kier molecular flexibility index (Phi) is 4.21. The molecule has 0 saturated carbocycles. The molecule has 1 atom stereocenters. The molecule has 102 valence electrons. The van der Waals surface area contributed by atoms with Gasteiger partial charge in [-0.2, -0.15) is 0 Å². The normalized spacial score (nSPS) is 19.3. The summed E-state index contributed by atoms with van der Waals surface area (Å²) < 4.78 is 9.07. The first-order valence-electron chi connectivity index (χ1n) is 6.90. The van der Waals surface area contributed by atoms with E-state index in [2.05, 4.69) is 56.3 Å². The maximum Gasteiger partial charge on any atom is 0.0700 e. The van der Waals surface area contributed by atoms with Gasteiger partial charge in [-0.3, -0.25) is 0 Å². The van der Waals surface area contributed by atoms with Crippen LogP contribution in [0.3, 0.4) is 0 Å². The third-order valence-corrected chi connectivity index (χ3v) is 4.30. The lowest BCUT2D eigenvalue weighted by Gasteiger charge is -2.11. The van der Waals surface area contributed by atoms with Gasteiger partial charge in [-0.05, 0) is 34.8 Å². The first-order valence-corrected chi connectivity index (χ1v) is 7.69. The second-order valence-corrected chi connectivity index (χ2v) is 5.88. The van der Waals surface area contributed by atoms with Crippen molar-refractivity contribution < 1.29 is 4.74 Å². The summed E-state index contributed by atoms with van der Waals surface area (Å²) in [5.41, 5.74) is 1.29. The summed E-state index contributed by atoms with van der Waals surface area (Å²) in [5.74, 6) is 0. The van der Waals surface area contributed by atoms with Crippen LogP contribution in [-0.4, -0.2) is 30.4 Å². The third-order valence-electron chi connectivity index (χ3n) is 3.67. The molecule has 0 bridgehead atoms. The number of benzene rings is 1. The van der Waals surface area contributed by atoms with Crippen LogP contribution in [0.4, 0.5) is 0 Å². The molecule has 1 N–H and O–H groups in total. The van der Waals surface area contributed by atoms with Crippen molar-refractivity contribution >= 4 is 26.8 Å². The van der Waals surface area contributed by atoms with Gasteiger partial charge in [0.25, 0.3) is 0 Å². The second-order valence-electron chi connectivity index (χ2n) is 5.03. The zero-order chi connectivity index (χ0) is 13.1. The molecule has 0 radical (unpaired) electrons. The average molecular weight is 323 g/mol. The van der Waals surface area contributed by atoms with Crippen molar-refractivity contribution in [2.75, 3.05) is 19.7 Å². The Morgan fingerprint density at radius 2 is 2.26 bits per heavy atom. The van der Waals surface area contributed by atoms with Crippen molar-refractivity contribution in [2.24, 2.45) is 0 Å². The van der Waals surface area contributed by atoms with Crippen molar-refractivity contribution in [1.29, 1.82) is 0 Å². The third kappa shape index (κ3) is 3.02. The minimum Gasteiger partial charge on any atom is -0.377 e. The maximum atomic E-state index is 5.60. The zero-order valence-corrected chi connectivity index (χ0v) is 12.5. The Hall–Kier alpha value is -0.840. The molecule has 2 heterocycles. The molecule has 1 unspecified atom stereocenters. The van der Waals surface area contributed by atoms with Gasteiger partial charge in [-0.1, -0.05) is 18.2 Å². The van der Waals surface area contributed by atoms with Gasteiger partial charge in [0.1, 0.15) is 0 Å². The number of para-hydroxylation sites is 1. The Balaban J connectivity index is 1.56. The summed E-state index contributed by atoms with van der Waals surface area (Å²) in [4.78, 5) is 0. The van der Waals surface area contributed by atoms with Crippen molar-refractivity contribution in [2.45, 2.75) is 25.5 Å². The Morgan fingerprint density at radius 3 is 3.11 bits per heavy atom. The largest absolute Gasteiger partial charge is 0.377 e. The van der Waals surface area contributed by atoms with Crippen LogP contribution in [0.2, 0.25) is 0 Å². The number of halogens is 1. The predicted octanol–water partition coefficient (Wildman–Crippen LogP) is 3.17. The van der Waals surface area contributed by atoms with Gasteiger partial charge >= 0.3 is 0 Å². The number of ether oxygens (including phenoxy) is 1. The SMILES string of the molecule is Brc1cn(CCNCC2CCCO2)c2ccccc12. The molecule has 1 fully saturated rings. The molecule has 19 heavy (non-hydrogen) atoms. The summed E-state index contributed by atoms with van der Waals surface area (Å²) in [6.45, 7) is 3.87. The average Bonchev–Trinajstić information content (AvgIpc) is 3.04. The fourth-order valence-corrected chi connectivity index (χ4v) is 3.24. The molecule has 0 amide bonds. The van der Waals surface area contributed by atoms with Crippen LogP contribution in [0.1, 0.15) is 12.8 Å². The molecule has 1 aromatic heterocycles. The number of fused-ring (bicyclic) bond motifs is 1. The lowest BCUT2D eigenvalue weighted by molar-refractivity contribution is 0.110. The van der Waals surface area contributed by atoms with Crippen molar-refractivity contribution in [3.8, 4) is 0 Å². The first-order chi connectivity index (χ1) is 9.34. The van der Waals surface area contributed by atoms with E-state index < -0.39 is 0 Å². The number of nitrogens with zero attached hydrogens (tertiary/aromatic N) is 1. The fraction of sp³-hybridized carbons (Fsp3) is 0.467. The summed E-state index contributed by atoms with van der Waals surface area (Å²) in [6.07, 6.45) is 5.00. The van der Waals surface area contributed by atoms with Gasteiger partial charge < -0.3 is 14.6 Å². The smallest absolute Gasteiger partial charge is 0.0700 e. The lowest BCUT2D eigenvalue weighted by Crippen LogP contribution is -2.28. The molecular weight excluding hydrogens is 304 g/mol. The Labute approximate surface area is 122 Å². The number of rotatable bonds is 5. The van der Waals surface area contributed by atoms with Gasteiger partial charge in [-0.25, -0.2) is 0 Å². The Bertz CT molecular complexity index is 546. The molecule has 4 heteroatoms. The highest BCUT2D eigenvalue weighted by molar-refractivity contribution is 9.10. The highest BCUT2D eigenvalue weighted by Crippen LogP contribution is 2.25. The summed E-state index contributed by atoms with van der Waals surface area (Å²) in [7, 11) is 0. The topological polar surface area (TPSA) is 26.2 Å². The molecule has 3 nitrogen and oxygen atoms in total. The van der Waals surface area contributed by atoms with E-state index in [0.29, 0.717) is 6.10 Å². The first kappa shape index (κ1) is 13.2. The molecule has 2 aromatic rings. The zero-order valence-electron chi connectivity index (χ0n) is 10.9. The fourth-order valence-electron chi connectivity index (χ4n) is 2.65. The number of aromatic nitrogens is 1. The van der Waals surface area contributed by atoms with E-state index in [1.165, 1.54) is 28.2 Å². The van der Waals surface area contributed by atoms with Crippen molar-refractivity contribution in [1.82, 2.24) is 9.88 Å². The van der Waals surface area contributed by atoms with Crippen LogP contribution in [0, 0.1) is 0 Å². The molecule has 0 spiro atoms. The minimum atomic E-state index is 0.424. The minimum absolute atomic E-state index is 0.424. The molecule has 1 aliphatic heterocycles. The number of hydrogen-bond acceptors (Lipinski definition) is 2. The standard InChI is InChI=1S/C15H19BrN2O/c16-14-11-18(15-6-2-1-5-13(14)15)8-7-17-10-12-4-3-9-19-12/h1-2,5-6,11-12,17H,3-4,7-10H2. The van der Waals surface area contributed by atoms with Gasteiger partial charge in [0, 0.05) is 47.8 Å². The molecule has 1 aliphatic rings. The molecule has 3 rings (SSSR count). The summed E-state index contributed by atoms with van der Waals surface area (Å²) in [5, 5.41) is 4.77. The van der Waals surface area contributed by atoms with Gasteiger partial charge in [0.15, 0.2) is 0 Å². The van der Waals surface area contributed by atoms with E-state index in [0.717, 1.165) is 26.2 Å². The van der Waals surface area contributed by atoms with Crippen molar-refractivity contribution in [3.05, 3.63) is 34.9 Å². The monoisotopic (exact) mass is 322 g/mol. The molecule has 0 aliphatic carbocycles. The van der Waals surface area contributed by atoms with E-state index in [9.17, 15) is 0 Å². The van der Waals surface area contributed by atoms with Crippen molar-refractivity contribution in [3.63, 3.8) is 0 Å². The van der Waals surface area contributed by atoms with Gasteiger partial charge in [0.2, 0.25) is 0 Å². The van der Waals surface area contributed by atoms with Crippen LogP contribution in [0.25, 0.3) is 10.9 Å². The van der Waals surface area contributed by atoms with Crippen LogP contribution >= 0.6 is 15.9 Å². The van der Waals surface area contributed by atoms with E-state index in [4.69, 9.17) is 4.74 Å². The molecule has 1 saturated heterocycles.